The minimum absolute atomic E-state index is 0.0139. The number of hydrogen-bond acceptors (Lipinski definition) is 6. The van der Waals surface area contributed by atoms with Gasteiger partial charge >= 0.3 is 5.97 Å². The van der Waals surface area contributed by atoms with Crippen LogP contribution in [0.5, 0.6) is 0 Å². The highest BCUT2D eigenvalue weighted by atomic mass is 35.5. The van der Waals surface area contributed by atoms with E-state index in [2.05, 4.69) is 11.2 Å². The average molecular weight is 435 g/mol. The van der Waals surface area contributed by atoms with Crippen LogP contribution >= 0.6 is 23.2 Å². The molecule has 27 heavy (non-hydrogen) atoms. The Morgan fingerprint density at radius 2 is 1.93 bits per heavy atom. The van der Waals surface area contributed by atoms with Crippen molar-refractivity contribution in [3.05, 3.63) is 27.7 Å². The van der Waals surface area contributed by atoms with Crippen molar-refractivity contribution < 1.29 is 27.5 Å². The molecule has 0 aliphatic carbocycles. The number of nitrogens with zero attached hydrogens (tertiary/aromatic N) is 1. The van der Waals surface area contributed by atoms with E-state index in [9.17, 15) is 18.0 Å². The first-order valence-electron chi connectivity index (χ1n) is 7.71. The molecule has 2 rings (SSSR count). The monoisotopic (exact) mass is 434 g/mol. The Morgan fingerprint density at radius 3 is 2.56 bits per heavy atom. The molecular weight excluding hydrogens is 419 g/mol. The van der Waals surface area contributed by atoms with Gasteiger partial charge in [0.1, 0.15) is 4.90 Å². The van der Waals surface area contributed by atoms with Crippen LogP contribution in [0.4, 0.5) is 0 Å². The fourth-order valence-corrected chi connectivity index (χ4v) is 4.45. The summed E-state index contributed by atoms with van der Waals surface area (Å²) in [6.07, 6.45) is 5.01. The summed E-state index contributed by atoms with van der Waals surface area (Å²) in [5.74, 6) is 0.629. The molecule has 11 heteroatoms. The van der Waals surface area contributed by atoms with Gasteiger partial charge in [0.15, 0.2) is 6.61 Å². The van der Waals surface area contributed by atoms with Crippen molar-refractivity contribution in [2.45, 2.75) is 4.90 Å². The van der Waals surface area contributed by atoms with Crippen molar-refractivity contribution in [3.8, 4) is 12.3 Å². The topological polar surface area (TPSA) is 102 Å². The van der Waals surface area contributed by atoms with E-state index in [1.54, 1.807) is 0 Å². The van der Waals surface area contributed by atoms with E-state index in [-0.39, 0.29) is 53.4 Å². The molecule has 1 aromatic rings. The summed E-state index contributed by atoms with van der Waals surface area (Å²) in [6.45, 7) is 0.232. The van der Waals surface area contributed by atoms with E-state index in [1.807, 2.05) is 0 Å². The van der Waals surface area contributed by atoms with Crippen molar-refractivity contribution in [1.82, 2.24) is 9.62 Å². The highest BCUT2D eigenvalue weighted by Gasteiger charge is 2.30. The van der Waals surface area contributed by atoms with E-state index >= 15 is 0 Å². The second-order valence-electron chi connectivity index (χ2n) is 5.34. The summed E-state index contributed by atoms with van der Waals surface area (Å²) in [6, 6.07) is 2.18. The van der Waals surface area contributed by atoms with Crippen molar-refractivity contribution in [2.24, 2.45) is 0 Å². The Morgan fingerprint density at radius 1 is 1.26 bits per heavy atom. The predicted molar refractivity (Wildman–Crippen MR) is 98.2 cm³/mol. The van der Waals surface area contributed by atoms with Crippen LogP contribution in [0, 0.1) is 12.3 Å². The van der Waals surface area contributed by atoms with Gasteiger partial charge in [0.25, 0.3) is 5.91 Å². The SMILES string of the molecule is C#CCNC(=O)COC(=O)c1cc(S(=O)(=O)N2CCOCC2)c(Cl)cc1Cl. The summed E-state index contributed by atoms with van der Waals surface area (Å²) in [5.41, 5.74) is -0.224. The van der Waals surface area contributed by atoms with Gasteiger partial charge in [0.05, 0.1) is 35.4 Å². The van der Waals surface area contributed by atoms with E-state index in [0.717, 1.165) is 12.1 Å². The van der Waals surface area contributed by atoms with Gasteiger partial charge in [-0.25, -0.2) is 13.2 Å². The summed E-state index contributed by atoms with van der Waals surface area (Å²) in [5, 5.41) is 2.09. The quantitative estimate of drug-likeness (QED) is 0.527. The highest BCUT2D eigenvalue weighted by Crippen LogP contribution is 2.31. The molecule has 8 nitrogen and oxygen atoms in total. The number of ether oxygens (including phenoxy) is 2. The van der Waals surface area contributed by atoms with Crippen LogP contribution in [0.1, 0.15) is 10.4 Å². The molecule has 0 spiro atoms. The molecule has 0 atom stereocenters. The van der Waals surface area contributed by atoms with Gasteiger partial charge in [-0.3, -0.25) is 4.79 Å². The molecule has 1 fully saturated rings. The number of sulfonamides is 1. The number of terminal acetylenes is 1. The lowest BCUT2D eigenvalue weighted by atomic mass is 10.2. The average Bonchev–Trinajstić information content (AvgIpc) is 2.65. The molecule has 0 unspecified atom stereocenters. The summed E-state index contributed by atoms with van der Waals surface area (Å²) in [7, 11) is -3.96. The molecule has 1 heterocycles. The Bertz CT molecular complexity index is 876. The fraction of sp³-hybridized carbons (Fsp3) is 0.375. The number of carbonyl (C=O) groups is 2. The number of morpholine rings is 1. The Balaban J connectivity index is 2.23. The van der Waals surface area contributed by atoms with Gasteiger partial charge in [-0.05, 0) is 12.1 Å². The van der Waals surface area contributed by atoms with Crippen LogP contribution in [0.25, 0.3) is 0 Å². The number of halogens is 2. The fourth-order valence-electron chi connectivity index (χ4n) is 2.22. The molecule has 0 bridgehead atoms. The Labute approximate surface area is 166 Å². The lowest BCUT2D eigenvalue weighted by molar-refractivity contribution is -0.123. The third-order valence-corrected chi connectivity index (χ3v) is 6.23. The zero-order chi connectivity index (χ0) is 20.0. The first-order chi connectivity index (χ1) is 12.8. The van der Waals surface area contributed by atoms with Crippen LogP contribution in [0.2, 0.25) is 10.0 Å². The second-order valence-corrected chi connectivity index (χ2v) is 8.06. The van der Waals surface area contributed by atoms with Gasteiger partial charge in [0.2, 0.25) is 10.0 Å². The Kier molecular flexibility index (Phi) is 7.47. The van der Waals surface area contributed by atoms with Crippen LogP contribution < -0.4 is 5.32 Å². The first-order valence-corrected chi connectivity index (χ1v) is 9.91. The lowest BCUT2D eigenvalue weighted by Gasteiger charge is -2.26. The van der Waals surface area contributed by atoms with Crippen molar-refractivity contribution in [1.29, 1.82) is 0 Å². The number of carbonyl (C=O) groups excluding carboxylic acids is 2. The number of hydrogen-bond donors (Lipinski definition) is 1. The summed E-state index contributed by atoms with van der Waals surface area (Å²) < 4.78 is 36.8. The van der Waals surface area contributed by atoms with E-state index in [1.165, 1.54) is 4.31 Å². The number of nitrogens with one attached hydrogen (secondary N) is 1. The largest absolute Gasteiger partial charge is 0.452 e. The molecule has 1 aromatic carbocycles. The minimum atomic E-state index is -3.96. The van der Waals surface area contributed by atoms with E-state index in [4.69, 9.17) is 39.1 Å². The highest BCUT2D eigenvalue weighted by molar-refractivity contribution is 7.89. The molecule has 146 valence electrons. The lowest BCUT2D eigenvalue weighted by Crippen LogP contribution is -2.40. The molecule has 0 saturated carbocycles. The van der Waals surface area contributed by atoms with E-state index in [0.29, 0.717) is 0 Å². The van der Waals surface area contributed by atoms with Gasteiger partial charge in [-0.2, -0.15) is 4.31 Å². The molecule has 0 radical (unpaired) electrons. The molecule has 1 amide bonds. The standard InChI is InChI=1S/C16H16Cl2N2O6S/c1-2-3-19-15(21)10-26-16(22)11-8-14(13(18)9-12(11)17)27(23,24)20-4-6-25-7-5-20/h1,8-9H,3-7,10H2,(H,19,21). The number of amides is 1. The third-order valence-electron chi connectivity index (χ3n) is 3.55. The molecule has 0 aromatic heterocycles. The smallest absolute Gasteiger partial charge is 0.340 e. The maximum atomic E-state index is 12.8. The maximum Gasteiger partial charge on any atom is 0.340 e. The van der Waals surface area contributed by atoms with Gasteiger partial charge in [0, 0.05) is 13.1 Å². The van der Waals surface area contributed by atoms with Crippen LogP contribution in [0.15, 0.2) is 17.0 Å². The van der Waals surface area contributed by atoms with Crippen LogP contribution in [-0.2, 0) is 24.3 Å². The van der Waals surface area contributed by atoms with Crippen LogP contribution in [0.3, 0.4) is 0 Å². The van der Waals surface area contributed by atoms with Crippen molar-refractivity contribution in [2.75, 3.05) is 39.5 Å². The maximum absolute atomic E-state index is 12.8. The van der Waals surface area contributed by atoms with Crippen LogP contribution in [-0.4, -0.2) is 64.1 Å². The zero-order valence-corrected chi connectivity index (χ0v) is 16.4. The summed E-state index contributed by atoms with van der Waals surface area (Å²) in [4.78, 5) is 23.4. The third kappa shape index (κ3) is 5.34. The number of esters is 1. The molecule has 1 aliphatic rings. The zero-order valence-electron chi connectivity index (χ0n) is 14.0. The van der Waals surface area contributed by atoms with E-state index < -0.39 is 28.5 Å². The molecular formula is C16H16Cl2N2O6S. The molecule has 1 saturated heterocycles. The first kappa shape index (κ1) is 21.5. The normalized spacial score (nSPS) is 15.0. The van der Waals surface area contributed by atoms with Crippen molar-refractivity contribution >= 4 is 45.1 Å². The summed E-state index contributed by atoms with van der Waals surface area (Å²) >= 11 is 12.0. The molecule has 1 N–H and O–H groups in total. The van der Waals surface area contributed by atoms with Crippen molar-refractivity contribution in [3.63, 3.8) is 0 Å². The second kappa shape index (κ2) is 9.39. The van der Waals surface area contributed by atoms with Gasteiger partial charge in [-0.1, -0.05) is 29.1 Å². The van der Waals surface area contributed by atoms with Gasteiger partial charge in [-0.15, -0.1) is 6.42 Å². The van der Waals surface area contributed by atoms with Gasteiger partial charge < -0.3 is 14.8 Å². The Hall–Kier alpha value is -1.83. The minimum Gasteiger partial charge on any atom is -0.452 e. The molecule has 1 aliphatic heterocycles. The number of rotatable bonds is 6. The number of benzene rings is 1. The predicted octanol–water partition coefficient (Wildman–Crippen LogP) is 0.921.